The Labute approximate surface area is 126 Å². The number of amides is 1. The van der Waals surface area contributed by atoms with Gasteiger partial charge in [0.1, 0.15) is 5.75 Å². The number of hydrogen-bond donors (Lipinski definition) is 2. The summed E-state index contributed by atoms with van der Waals surface area (Å²) >= 11 is 0. The first kappa shape index (κ1) is 16.6. The molecule has 1 aliphatic rings. The van der Waals surface area contributed by atoms with Gasteiger partial charge in [-0.2, -0.15) is 0 Å². The van der Waals surface area contributed by atoms with Crippen LogP contribution in [0.25, 0.3) is 0 Å². The van der Waals surface area contributed by atoms with Crippen LogP contribution in [0.1, 0.15) is 24.8 Å². The fourth-order valence-corrected chi connectivity index (χ4v) is 2.65. The van der Waals surface area contributed by atoms with Gasteiger partial charge in [0.2, 0.25) is 5.91 Å². The molecule has 1 saturated carbocycles. The number of benzene rings is 1. The maximum absolute atomic E-state index is 12.3. The van der Waals surface area contributed by atoms with Gasteiger partial charge in [-0.15, -0.1) is 13.2 Å². The molecule has 2 atom stereocenters. The summed E-state index contributed by atoms with van der Waals surface area (Å²) in [6, 6.07) is 6.00. The Hall–Kier alpha value is -1.76. The molecule has 4 nitrogen and oxygen atoms in total. The molecule has 2 rings (SSSR count). The predicted octanol–water partition coefficient (Wildman–Crippen LogP) is 2.37. The fourth-order valence-electron chi connectivity index (χ4n) is 2.65. The monoisotopic (exact) mass is 316 g/mol. The van der Waals surface area contributed by atoms with Crippen LogP contribution in [-0.4, -0.2) is 24.9 Å². The highest BCUT2D eigenvalue weighted by Gasteiger charge is 2.32. The zero-order valence-corrected chi connectivity index (χ0v) is 12.0. The first-order valence-corrected chi connectivity index (χ1v) is 7.22. The standard InChI is InChI=1S/C15H19F3N2O2/c16-15(17,18)22-13-4-2-1-3-10(13)7-8-20-14(21)11-5-6-12(19)9-11/h1-4,11-12H,5-9,19H2,(H,20,21)/t11-,12+/m1/s1. The van der Waals surface area contributed by atoms with E-state index in [1.165, 1.54) is 12.1 Å². The number of nitrogens with one attached hydrogen (secondary N) is 1. The molecule has 1 aromatic rings. The summed E-state index contributed by atoms with van der Waals surface area (Å²) in [7, 11) is 0. The second-order valence-electron chi connectivity index (χ2n) is 5.47. The Kier molecular flexibility index (Phi) is 5.28. The number of rotatable bonds is 5. The minimum atomic E-state index is -4.72. The molecule has 7 heteroatoms. The zero-order valence-electron chi connectivity index (χ0n) is 12.0. The van der Waals surface area contributed by atoms with Gasteiger partial charge < -0.3 is 15.8 Å². The number of halogens is 3. The van der Waals surface area contributed by atoms with Crippen molar-refractivity contribution in [2.24, 2.45) is 11.7 Å². The highest BCUT2D eigenvalue weighted by molar-refractivity contribution is 5.79. The van der Waals surface area contributed by atoms with E-state index in [1.54, 1.807) is 12.1 Å². The second-order valence-corrected chi connectivity index (χ2v) is 5.47. The lowest BCUT2D eigenvalue weighted by Gasteiger charge is -2.14. The molecular formula is C15H19F3N2O2. The summed E-state index contributed by atoms with van der Waals surface area (Å²) in [4.78, 5) is 11.9. The molecule has 0 saturated heterocycles. The molecule has 0 aliphatic heterocycles. The third kappa shape index (κ3) is 4.91. The first-order valence-electron chi connectivity index (χ1n) is 7.22. The third-order valence-electron chi connectivity index (χ3n) is 3.74. The molecule has 0 radical (unpaired) electrons. The molecule has 1 amide bonds. The van der Waals surface area contributed by atoms with Gasteiger partial charge in [-0.1, -0.05) is 18.2 Å². The van der Waals surface area contributed by atoms with Crippen LogP contribution in [0.4, 0.5) is 13.2 Å². The fraction of sp³-hybridized carbons (Fsp3) is 0.533. The van der Waals surface area contributed by atoms with Gasteiger partial charge in [-0.25, -0.2) is 0 Å². The van der Waals surface area contributed by atoms with Crippen LogP contribution >= 0.6 is 0 Å². The molecule has 0 aromatic heterocycles. The van der Waals surface area contributed by atoms with Crippen LogP contribution in [0.3, 0.4) is 0 Å². The quantitative estimate of drug-likeness (QED) is 0.876. The van der Waals surface area contributed by atoms with E-state index in [0.29, 0.717) is 12.0 Å². The maximum Gasteiger partial charge on any atom is 0.573 e. The Morgan fingerprint density at radius 1 is 1.32 bits per heavy atom. The smallest absolute Gasteiger partial charge is 0.406 e. The van der Waals surface area contributed by atoms with Crippen molar-refractivity contribution in [1.29, 1.82) is 0 Å². The van der Waals surface area contributed by atoms with Crippen molar-refractivity contribution in [1.82, 2.24) is 5.32 Å². The highest BCUT2D eigenvalue weighted by Crippen LogP contribution is 2.27. The molecule has 1 aliphatic carbocycles. The first-order chi connectivity index (χ1) is 10.3. The van der Waals surface area contributed by atoms with E-state index >= 15 is 0 Å². The summed E-state index contributed by atoms with van der Waals surface area (Å²) in [5, 5.41) is 2.75. The lowest BCUT2D eigenvalue weighted by Crippen LogP contribution is -2.32. The van der Waals surface area contributed by atoms with E-state index < -0.39 is 6.36 Å². The Morgan fingerprint density at radius 2 is 2.05 bits per heavy atom. The Bertz CT molecular complexity index is 520. The van der Waals surface area contributed by atoms with Crippen molar-refractivity contribution in [3.05, 3.63) is 29.8 Å². The molecule has 122 valence electrons. The van der Waals surface area contributed by atoms with Crippen molar-refractivity contribution in [3.63, 3.8) is 0 Å². The number of alkyl halides is 3. The number of ether oxygens (including phenoxy) is 1. The van der Waals surface area contributed by atoms with Gasteiger partial charge in [0.05, 0.1) is 0 Å². The average molecular weight is 316 g/mol. The van der Waals surface area contributed by atoms with Crippen molar-refractivity contribution in [3.8, 4) is 5.75 Å². The van der Waals surface area contributed by atoms with Crippen LogP contribution in [0.2, 0.25) is 0 Å². The van der Waals surface area contributed by atoms with Gasteiger partial charge in [-0.05, 0) is 37.3 Å². The highest BCUT2D eigenvalue weighted by atomic mass is 19.4. The van der Waals surface area contributed by atoms with Gasteiger partial charge in [-0.3, -0.25) is 4.79 Å². The Balaban J connectivity index is 1.85. The van der Waals surface area contributed by atoms with Crippen LogP contribution in [-0.2, 0) is 11.2 Å². The van der Waals surface area contributed by atoms with Gasteiger partial charge >= 0.3 is 6.36 Å². The van der Waals surface area contributed by atoms with Gasteiger partial charge in [0.25, 0.3) is 0 Å². The summed E-state index contributed by atoms with van der Waals surface area (Å²) in [6.07, 6.45) is -2.18. The van der Waals surface area contributed by atoms with E-state index in [0.717, 1.165) is 12.8 Å². The SMILES string of the molecule is N[C@H]1CC[C@@H](C(=O)NCCc2ccccc2OC(F)(F)F)C1. The lowest BCUT2D eigenvalue weighted by atomic mass is 10.1. The van der Waals surface area contributed by atoms with Crippen molar-refractivity contribution in [2.75, 3.05) is 6.54 Å². The zero-order chi connectivity index (χ0) is 16.2. The number of hydrogen-bond acceptors (Lipinski definition) is 3. The molecular weight excluding hydrogens is 297 g/mol. The number of carbonyl (C=O) groups is 1. The number of carbonyl (C=O) groups excluding carboxylic acids is 1. The van der Waals surface area contributed by atoms with Crippen molar-refractivity contribution in [2.45, 2.75) is 38.1 Å². The summed E-state index contributed by atoms with van der Waals surface area (Å²) in [6.45, 7) is 0.267. The molecule has 0 unspecified atom stereocenters. The number of nitrogens with two attached hydrogens (primary N) is 1. The van der Waals surface area contributed by atoms with Gasteiger partial charge in [0.15, 0.2) is 0 Å². The van der Waals surface area contributed by atoms with Crippen LogP contribution < -0.4 is 15.8 Å². The number of para-hydroxylation sites is 1. The molecule has 0 bridgehead atoms. The minimum absolute atomic E-state index is 0.0664. The molecule has 0 heterocycles. The van der Waals surface area contributed by atoms with Crippen molar-refractivity contribution < 1.29 is 22.7 Å². The summed E-state index contributed by atoms with van der Waals surface area (Å²) in [5.74, 6) is -0.397. The molecule has 1 aromatic carbocycles. The normalized spacial score (nSPS) is 21.6. The molecule has 22 heavy (non-hydrogen) atoms. The Morgan fingerprint density at radius 3 is 2.68 bits per heavy atom. The third-order valence-corrected chi connectivity index (χ3v) is 3.74. The topological polar surface area (TPSA) is 64.4 Å². The van der Waals surface area contributed by atoms with E-state index in [1.807, 2.05) is 0 Å². The van der Waals surface area contributed by atoms with E-state index in [2.05, 4.69) is 10.1 Å². The lowest BCUT2D eigenvalue weighted by molar-refractivity contribution is -0.274. The van der Waals surface area contributed by atoms with Crippen molar-refractivity contribution >= 4 is 5.91 Å². The summed E-state index contributed by atoms with van der Waals surface area (Å²) in [5.41, 5.74) is 6.16. The van der Waals surface area contributed by atoms with Crippen LogP contribution in [0.15, 0.2) is 24.3 Å². The minimum Gasteiger partial charge on any atom is -0.406 e. The predicted molar refractivity (Wildman–Crippen MR) is 75.2 cm³/mol. The molecule has 0 spiro atoms. The maximum atomic E-state index is 12.3. The largest absolute Gasteiger partial charge is 0.573 e. The van der Waals surface area contributed by atoms with Crippen LogP contribution in [0, 0.1) is 5.92 Å². The van der Waals surface area contributed by atoms with E-state index in [4.69, 9.17) is 5.73 Å². The van der Waals surface area contributed by atoms with E-state index in [9.17, 15) is 18.0 Å². The summed E-state index contributed by atoms with van der Waals surface area (Å²) < 4.78 is 40.9. The average Bonchev–Trinajstić information content (AvgIpc) is 2.86. The molecule has 3 N–H and O–H groups in total. The van der Waals surface area contributed by atoms with Gasteiger partial charge in [0, 0.05) is 18.5 Å². The molecule has 1 fully saturated rings. The van der Waals surface area contributed by atoms with E-state index in [-0.39, 0.29) is 36.6 Å². The second kappa shape index (κ2) is 7.00. The van der Waals surface area contributed by atoms with Crippen LogP contribution in [0.5, 0.6) is 5.75 Å².